The second kappa shape index (κ2) is 5.63. The Morgan fingerprint density at radius 1 is 0.857 bits per heavy atom. The fourth-order valence-corrected chi connectivity index (χ4v) is 1.68. The van der Waals surface area contributed by atoms with Gasteiger partial charge in [-0.2, -0.15) is 0 Å². The van der Waals surface area contributed by atoms with Gasteiger partial charge in [-0.15, -0.1) is 0 Å². The van der Waals surface area contributed by atoms with Gasteiger partial charge in [0.15, 0.2) is 6.29 Å². The van der Waals surface area contributed by atoms with Gasteiger partial charge in [-0.3, -0.25) is 0 Å². The molecule has 1 aliphatic heterocycles. The second-order valence-corrected chi connectivity index (χ2v) is 3.11. The molecule has 1 rings (SSSR count). The average molecular weight is 206 g/mol. The Bertz CT molecular complexity index is 145. The van der Waals surface area contributed by atoms with Crippen molar-refractivity contribution in [3.05, 3.63) is 0 Å². The van der Waals surface area contributed by atoms with Crippen LogP contribution in [0.3, 0.4) is 0 Å². The lowest BCUT2D eigenvalue weighted by Crippen LogP contribution is -2.55. The van der Waals surface area contributed by atoms with Crippen molar-refractivity contribution in [1.82, 2.24) is 0 Å². The molecule has 1 heterocycles. The highest BCUT2D eigenvalue weighted by Crippen LogP contribution is 2.22. The van der Waals surface area contributed by atoms with E-state index in [1.54, 1.807) is 28.4 Å². The summed E-state index contributed by atoms with van der Waals surface area (Å²) < 4.78 is 26.4. The Kier molecular flexibility index (Phi) is 4.77. The highest BCUT2D eigenvalue weighted by molar-refractivity contribution is 4.85. The third-order valence-electron chi connectivity index (χ3n) is 2.46. The molecule has 84 valence electrons. The van der Waals surface area contributed by atoms with Crippen LogP contribution >= 0.6 is 0 Å². The van der Waals surface area contributed by atoms with Crippen LogP contribution in [0.5, 0.6) is 0 Å². The summed E-state index contributed by atoms with van der Waals surface area (Å²) in [6, 6.07) is 0. The summed E-state index contributed by atoms with van der Waals surface area (Å²) in [5.74, 6) is 0. The molecule has 1 aliphatic rings. The first-order chi connectivity index (χ1) is 6.78. The third-order valence-corrected chi connectivity index (χ3v) is 2.46. The molecule has 0 spiro atoms. The number of hydrogen-bond acceptors (Lipinski definition) is 5. The smallest absolute Gasteiger partial charge is 0.186 e. The van der Waals surface area contributed by atoms with Gasteiger partial charge in [0.05, 0.1) is 6.61 Å². The molecule has 0 amide bonds. The van der Waals surface area contributed by atoms with Crippen LogP contribution in [0.1, 0.15) is 0 Å². The highest BCUT2D eigenvalue weighted by Gasteiger charge is 2.41. The van der Waals surface area contributed by atoms with Crippen molar-refractivity contribution in [2.24, 2.45) is 0 Å². The minimum Gasteiger partial charge on any atom is -0.376 e. The second-order valence-electron chi connectivity index (χ2n) is 3.11. The van der Waals surface area contributed by atoms with E-state index in [9.17, 15) is 0 Å². The van der Waals surface area contributed by atoms with E-state index >= 15 is 0 Å². The zero-order chi connectivity index (χ0) is 10.6. The van der Waals surface area contributed by atoms with E-state index in [0.29, 0.717) is 6.61 Å². The van der Waals surface area contributed by atoms with Gasteiger partial charge in [0, 0.05) is 28.4 Å². The lowest BCUT2D eigenvalue weighted by atomic mass is 10.0. The summed E-state index contributed by atoms with van der Waals surface area (Å²) in [4.78, 5) is 0. The molecule has 1 unspecified atom stereocenters. The van der Waals surface area contributed by atoms with Gasteiger partial charge in [0.25, 0.3) is 0 Å². The third kappa shape index (κ3) is 2.24. The zero-order valence-corrected chi connectivity index (χ0v) is 9.06. The Hall–Kier alpha value is -0.200. The number of rotatable bonds is 4. The quantitative estimate of drug-likeness (QED) is 0.649. The van der Waals surface area contributed by atoms with Crippen molar-refractivity contribution < 1.29 is 23.7 Å². The zero-order valence-electron chi connectivity index (χ0n) is 9.06. The Morgan fingerprint density at radius 3 is 1.93 bits per heavy atom. The first kappa shape index (κ1) is 11.9. The molecule has 5 heteroatoms. The number of methoxy groups -OCH3 is 4. The summed E-state index contributed by atoms with van der Waals surface area (Å²) in [5, 5.41) is 0. The largest absolute Gasteiger partial charge is 0.376 e. The highest BCUT2D eigenvalue weighted by atomic mass is 16.7. The summed E-state index contributed by atoms with van der Waals surface area (Å²) >= 11 is 0. The molecule has 4 atom stereocenters. The topological polar surface area (TPSA) is 46.2 Å². The van der Waals surface area contributed by atoms with E-state index < -0.39 is 6.29 Å². The molecule has 0 radical (unpaired) electrons. The lowest BCUT2D eigenvalue weighted by Gasteiger charge is -2.39. The maximum Gasteiger partial charge on any atom is 0.186 e. The molecule has 1 fully saturated rings. The van der Waals surface area contributed by atoms with Crippen LogP contribution in [0.4, 0.5) is 0 Å². The number of ether oxygens (including phenoxy) is 5. The SMILES string of the molecule is COC1OC[C@@H](OC)[C@H](OC)[C@H]1OC. The van der Waals surface area contributed by atoms with Gasteiger partial charge in [-0.1, -0.05) is 0 Å². The molecule has 0 aromatic heterocycles. The maximum absolute atomic E-state index is 5.41. The molecular weight excluding hydrogens is 188 g/mol. The monoisotopic (exact) mass is 206 g/mol. The Balaban J connectivity index is 2.67. The molecule has 0 N–H and O–H groups in total. The predicted molar refractivity (Wildman–Crippen MR) is 49.1 cm³/mol. The normalized spacial score (nSPS) is 38.6. The van der Waals surface area contributed by atoms with E-state index in [-0.39, 0.29) is 18.3 Å². The fourth-order valence-electron chi connectivity index (χ4n) is 1.68. The van der Waals surface area contributed by atoms with Crippen LogP contribution in [0, 0.1) is 0 Å². The number of hydrogen-bond donors (Lipinski definition) is 0. The molecule has 0 aromatic carbocycles. The van der Waals surface area contributed by atoms with Crippen molar-refractivity contribution in [2.45, 2.75) is 24.6 Å². The van der Waals surface area contributed by atoms with E-state index in [4.69, 9.17) is 23.7 Å². The fraction of sp³-hybridized carbons (Fsp3) is 1.00. The first-order valence-corrected chi connectivity index (χ1v) is 4.51. The van der Waals surface area contributed by atoms with Crippen LogP contribution < -0.4 is 0 Å². The van der Waals surface area contributed by atoms with Crippen molar-refractivity contribution in [2.75, 3.05) is 35.0 Å². The van der Waals surface area contributed by atoms with E-state index in [2.05, 4.69) is 0 Å². The van der Waals surface area contributed by atoms with Gasteiger partial charge in [-0.05, 0) is 0 Å². The Labute approximate surface area is 84.2 Å². The average Bonchev–Trinajstić information content (AvgIpc) is 2.26. The molecule has 0 aliphatic carbocycles. The van der Waals surface area contributed by atoms with Gasteiger partial charge in [-0.25, -0.2) is 0 Å². The molecule has 5 nitrogen and oxygen atoms in total. The molecular formula is C9H18O5. The van der Waals surface area contributed by atoms with Crippen LogP contribution in [0.25, 0.3) is 0 Å². The molecule has 0 aromatic rings. The lowest BCUT2D eigenvalue weighted by molar-refractivity contribution is -0.276. The van der Waals surface area contributed by atoms with Crippen LogP contribution in [0.2, 0.25) is 0 Å². The van der Waals surface area contributed by atoms with E-state index in [1.165, 1.54) is 0 Å². The van der Waals surface area contributed by atoms with Crippen molar-refractivity contribution >= 4 is 0 Å². The van der Waals surface area contributed by atoms with Crippen molar-refractivity contribution in [1.29, 1.82) is 0 Å². The van der Waals surface area contributed by atoms with Gasteiger partial charge in [0.1, 0.15) is 18.3 Å². The van der Waals surface area contributed by atoms with E-state index in [0.717, 1.165) is 0 Å². The molecule has 0 bridgehead atoms. The minimum atomic E-state index is -0.392. The summed E-state index contributed by atoms with van der Waals surface area (Å²) in [7, 11) is 6.43. The predicted octanol–water partition coefficient (Wildman–Crippen LogP) is 0.0341. The van der Waals surface area contributed by atoms with Crippen LogP contribution in [-0.4, -0.2) is 59.6 Å². The van der Waals surface area contributed by atoms with E-state index in [1.807, 2.05) is 0 Å². The standard InChI is InChI=1S/C9H18O5/c1-10-6-5-14-9(13-4)8(12-3)7(6)11-2/h6-9H,5H2,1-4H3/t6-,7+,8-,9?/m1/s1. The van der Waals surface area contributed by atoms with Gasteiger partial charge < -0.3 is 23.7 Å². The van der Waals surface area contributed by atoms with Gasteiger partial charge in [0.2, 0.25) is 0 Å². The maximum atomic E-state index is 5.41. The van der Waals surface area contributed by atoms with Crippen LogP contribution in [0.15, 0.2) is 0 Å². The first-order valence-electron chi connectivity index (χ1n) is 4.51. The summed E-state index contributed by atoms with van der Waals surface area (Å²) in [6.45, 7) is 0.452. The minimum absolute atomic E-state index is 0.114. The summed E-state index contributed by atoms with van der Waals surface area (Å²) in [5.41, 5.74) is 0. The Morgan fingerprint density at radius 2 is 1.50 bits per heavy atom. The molecule has 14 heavy (non-hydrogen) atoms. The summed E-state index contributed by atoms with van der Waals surface area (Å²) in [6.07, 6.45) is -0.930. The van der Waals surface area contributed by atoms with Crippen molar-refractivity contribution in [3.8, 4) is 0 Å². The molecule has 0 saturated carbocycles. The van der Waals surface area contributed by atoms with Crippen LogP contribution in [-0.2, 0) is 23.7 Å². The van der Waals surface area contributed by atoms with Crippen molar-refractivity contribution in [3.63, 3.8) is 0 Å². The molecule has 1 saturated heterocycles. The van der Waals surface area contributed by atoms with Gasteiger partial charge >= 0.3 is 0 Å².